The third-order valence-corrected chi connectivity index (χ3v) is 3.11. The molecule has 1 saturated heterocycles. The molecule has 19 heavy (non-hydrogen) atoms. The minimum atomic E-state index is -0.247. The smallest absolute Gasteiger partial charge is 0.239 e. The summed E-state index contributed by atoms with van der Waals surface area (Å²) in [4.78, 5) is 12.0. The highest BCUT2D eigenvalue weighted by Gasteiger charge is 2.20. The van der Waals surface area contributed by atoms with Gasteiger partial charge in [-0.05, 0) is 11.1 Å². The van der Waals surface area contributed by atoms with Crippen LogP contribution in [0.3, 0.4) is 0 Å². The quantitative estimate of drug-likeness (QED) is 0.810. The summed E-state index contributed by atoms with van der Waals surface area (Å²) < 4.78 is 10.4. The topological polar surface area (TPSA) is 59.6 Å². The molecule has 1 fully saturated rings. The molecule has 0 spiro atoms. The first-order chi connectivity index (χ1) is 9.31. The van der Waals surface area contributed by atoms with Gasteiger partial charge in [0.05, 0.1) is 19.8 Å². The SMILES string of the molecule is COCc1ccccc1CNC(=O)C1COCCN1. The van der Waals surface area contributed by atoms with Gasteiger partial charge in [-0.2, -0.15) is 0 Å². The van der Waals surface area contributed by atoms with Gasteiger partial charge in [-0.25, -0.2) is 0 Å². The number of methoxy groups -OCH3 is 1. The maximum atomic E-state index is 12.0. The largest absolute Gasteiger partial charge is 0.380 e. The van der Waals surface area contributed by atoms with E-state index in [9.17, 15) is 4.79 Å². The summed E-state index contributed by atoms with van der Waals surface area (Å²) >= 11 is 0. The van der Waals surface area contributed by atoms with E-state index in [-0.39, 0.29) is 11.9 Å². The molecule has 1 aromatic carbocycles. The van der Waals surface area contributed by atoms with Crippen LogP contribution in [-0.4, -0.2) is 38.8 Å². The molecule has 5 nitrogen and oxygen atoms in total. The van der Waals surface area contributed by atoms with Gasteiger partial charge in [0.2, 0.25) is 5.91 Å². The minimum absolute atomic E-state index is 0.0214. The molecule has 1 aliphatic heterocycles. The van der Waals surface area contributed by atoms with Crippen LogP contribution >= 0.6 is 0 Å². The number of carbonyl (C=O) groups excluding carboxylic acids is 1. The molecule has 0 aliphatic carbocycles. The lowest BCUT2D eigenvalue weighted by Gasteiger charge is -2.23. The van der Waals surface area contributed by atoms with Crippen molar-refractivity contribution in [2.75, 3.05) is 26.9 Å². The van der Waals surface area contributed by atoms with Crippen molar-refractivity contribution in [1.82, 2.24) is 10.6 Å². The van der Waals surface area contributed by atoms with Gasteiger partial charge in [0, 0.05) is 20.2 Å². The van der Waals surface area contributed by atoms with E-state index in [0.29, 0.717) is 26.4 Å². The molecular formula is C14H20N2O3. The zero-order valence-corrected chi connectivity index (χ0v) is 11.1. The molecule has 104 valence electrons. The number of benzene rings is 1. The third kappa shape index (κ3) is 4.02. The van der Waals surface area contributed by atoms with Crippen LogP contribution in [0.25, 0.3) is 0 Å². The summed E-state index contributed by atoms with van der Waals surface area (Å²) in [5.41, 5.74) is 2.17. The average molecular weight is 264 g/mol. The Morgan fingerprint density at radius 3 is 2.95 bits per heavy atom. The number of carbonyl (C=O) groups is 1. The first kappa shape index (κ1) is 14.0. The van der Waals surface area contributed by atoms with Crippen molar-refractivity contribution in [2.24, 2.45) is 0 Å². The number of hydrogen-bond acceptors (Lipinski definition) is 4. The normalized spacial score (nSPS) is 19.1. The van der Waals surface area contributed by atoms with Gasteiger partial charge < -0.3 is 20.1 Å². The zero-order valence-electron chi connectivity index (χ0n) is 11.1. The van der Waals surface area contributed by atoms with Crippen LogP contribution in [0.5, 0.6) is 0 Å². The molecule has 0 radical (unpaired) electrons. The van der Waals surface area contributed by atoms with Crippen LogP contribution < -0.4 is 10.6 Å². The first-order valence-electron chi connectivity index (χ1n) is 6.46. The fourth-order valence-corrected chi connectivity index (χ4v) is 2.07. The summed E-state index contributed by atoms with van der Waals surface area (Å²) in [7, 11) is 1.67. The predicted octanol–water partition coefficient (Wildman–Crippen LogP) is 0.438. The number of ether oxygens (including phenoxy) is 2. The van der Waals surface area contributed by atoms with E-state index < -0.39 is 0 Å². The van der Waals surface area contributed by atoms with E-state index >= 15 is 0 Å². The molecule has 1 unspecified atom stereocenters. The summed E-state index contributed by atoms with van der Waals surface area (Å²) in [5.74, 6) is -0.0214. The van der Waals surface area contributed by atoms with Gasteiger partial charge in [-0.15, -0.1) is 0 Å². The predicted molar refractivity (Wildman–Crippen MR) is 71.6 cm³/mol. The lowest BCUT2D eigenvalue weighted by molar-refractivity contribution is -0.126. The van der Waals surface area contributed by atoms with Crippen molar-refractivity contribution in [3.63, 3.8) is 0 Å². The Morgan fingerprint density at radius 2 is 2.26 bits per heavy atom. The van der Waals surface area contributed by atoms with Crippen LogP contribution in [0.2, 0.25) is 0 Å². The van der Waals surface area contributed by atoms with Gasteiger partial charge >= 0.3 is 0 Å². The van der Waals surface area contributed by atoms with Gasteiger partial charge in [0.1, 0.15) is 6.04 Å². The second kappa shape index (κ2) is 7.23. The zero-order chi connectivity index (χ0) is 13.5. The van der Waals surface area contributed by atoms with Gasteiger partial charge in [-0.3, -0.25) is 4.79 Å². The molecule has 2 rings (SSSR count). The molecule has 1 atom stereocenters. The van der Waals surface area contributed by atoms with Crippen molar-refractivity contribution >= 4 is 5.91 Å². The summed E-state index contributed by atoms with van der Waals surface area (Å²) in [5, 5.41) is 6.06. The van der Waals surface area contributed by atoms with Crippen molar-refractivity contribution in [1.29, 1.82) is 0 Å². The van der Waals surface area contributed by atoms with Crippen LogP contribution in [-0.2, 0) is 27.4 Å². The minimum Gasteiger partial charge on any atom is -0.380 e. The monoisotopic (exact) mass is 264 g/mol. The molecule has 1 amide bonds. The maximum Gasteiger partial charge on any atom is 0.239 e. The second-order valence-corrected chi connectivity index (χ2v) is 4.50. The standard InChI is InChI=1S/C14H20N2O3/c1-18-9-12-5-3-2-4-11(12)8-16-14(17)13-10-19-7-6-15-13/h2-5,13,15H,6-10H2,1H3,(H,16,17). The lowest BCUT2D eigenvalue weighted by Crippen LogP contribution is -2.51. The molecule has 2 N–H and O–H groups in total. The van der Waals surface area contributed by atoms with E-state index in [1.807, 2.05) is 24.3 Å². The van der Waals surface area contributed by atoms with E-state index in [1.54, 1.807) is 7.11 Å². The number of hydrogen-bond donors (Lipinski definition) is 2. The Balaban J connectivity index is 1.89. The number of morpholine rings is 1. The lowest BCUT2D eigenvalue weighted by atomic mass is 10.1. The van der Waals surface area contributed by atoms with E-state index in [4.69, 9.17) is 9.47 Å². The highest BCUT2D eigenvalue weighted by atomic mass is 16.5. The Morgan fingerprint density at radius 1 is 1.47 bits per heavy atom. The van der Waals surface area contributed by atoms with Crippen molar-refractivity contribution in [2.45, 2.75) is 19.2 Å². The summed E-state index contributed by atoms with van der Waals surface area (Å²) in [6.07, 6.45) is 0. The van der Waals surface area contributed by atoms with Crippen LogP contribution in [0.1, 0.15) is 11.1 Å². The Labute approximate surface area is 113 Å². The first-order valence-corrected chi connectivity index (χ1v) is 6.46. The summed E-state index contributed by atoms with van der Waals surface area (Å²) in [6, 6.07) is 7.69. The molecule has 1 aromatic rings. The number of amides is 1. The average Bonchev–Trinajstić information content (AvgIpc) is 2.47. The van der Waals surface area contributed by atoms with Crippen LogP contribution in [0, 0.1) is 0 Å². The molecule has 1 aliphatic rings. The van der Waals surface area contributed by atoms with Crippen molar-refractivity contribution < 1.29 is 14.3 Å². The van der Waals surface area contributed by atoms with Crippen molar-refractivity contribution in [3.05, 3.63) is 35.4 Å². The van der Waals surface area contributed by atoms with Gasteiger partial charge in [-0.1, -0.05) is 24.3 Å². The van der Waals surface area contributed by atoms with E-state index in [2.05, 4.69) is 10.6 Å². The molecule has 0 saturated carbocycles. The Hall–Kier alpha value is -1.43. The van der Waals surface area contributed by atoms with Gasteiger partial charge in [0.15, 0.2) is 0 Å². The highest BCUT2D eigenvalue weighted by molar-refractivity contribution is 5.82. The Kier molecular flexibility index (Phi) is 5.32. The number of nitrogens with one attached hydrogen (secondary N) is 2. The van der Waals surface area contributed by atoms with Gasteiger partial charge in [0.25, 0.3) is 0 Å². The fraction of sp³-hybridized carbons (Fsp3) is 0.500. The molecule has 0 aromatic heterocycles. The van der Waals surface area contributed by atoms with Crippen LogP contribution in [0.15, 0.2) is 24.3 Å². The summed E-state index contributed by atoms with van der Waals surface area (Å²) in [6.45, 7) is 2.89. The molecule has 5 heteroatoms. The third-order valence-electron chi connectivity index (χ3n) is 3.11. The Bertz CT molecular complexity index is 417. The fourth-order valence-electron chi connectivity index (χ4n) is 2.07. The maximum absolute atomic E-state index is 12.0. The molecule has 1 heterocycles. The molecular weight excluding hydrogens is 244 g/mol. The number of rotatable bonds is 5. The van der Waals surface area contributed by atoms with Crippen LogP contribution in [0.4, 0.5) is 0 Å². The van der Waals surface area contributed by atoms with E-state index in [1.165, 1.54) is 0 Å². The second-order valence-electron chi connectivity index (χ2n) is 4.50. The highest BCUT2D eigenvalue weighted by Crippen LogP contribution is 2.09. The van der Waals surface area contributed by atoms with Crippen molar-refractivity contribution in [3.8, 4) is 0 Å². The molecule has 0 bridgehead atoms. The van der Waals surface area contributed by atoms with E-state index in [0.717, 1.165) is 17.7 Å².